The zero-order valence-electron chi connectivity index (χ0n) is 16.7. The minimum absolute atomic E-state index is 0.0420. The van der Waals surface area contributed by atoms with E-state index in [9.17, 15) is 45.7 Å². The van der Waals surface area contributed by atoms with Crippen LogP contribution in [0.25, 0.3) is 10.9 Å². The molecule has 0 saturated heterocycles. The van der Waals surface area contributed by atoms with Crippen LogP contribution in [0.2, 0.25) is 0 Å². The fraction of sp³-hybridized carbons (Fsp3) is 0.450. The molecule has 4 nitrogen and oxygen atoms in total. The van der Waals surface area contributed by atoms with Gasteiger partial charge in [-0.1, -0.05) is 17.8 Å². The van der Waals surface area contributed by atoms with Crippen molar-refractivity contribution in [2.24, 2.45) is 0 Å². The number of hydrogen-bond acceptors (Lipinski definition) is 3. The monoisotopic (exact) mass is 485 g/mol. The molecule has 1 unspecified atom stereocenters. The molecule has 176 valence electrons. The van der Waals surface area contributed by atoms with Crippen molar-refractivity contribution >= 4 is 28.6 Å². The molecule has 1 aromatic heterocycles. The molecule has 1 atom stereocenters. The fourth-order valence-electron chi connectivity index (χ4n) is 3.98. The molecule has 3 rings (SSSR count). The van der Waals surface area contributed by atoms with E-state index in [0.717, 1.165) is 17.8 Å². The molecule has 0 bridgehead atoms. The maximum absolute atomic E-state index is 14.3. The molecular weight excluding hydrogens is 467 g/mol. The predicted molar refractivity (Wildman–Crippen MR) is 103 cm³/mol. The molecule has 0 saturated carbocycles. The molecule has 0 radical (unpaired) electrons. The van der Waals surface area contributed by atoms with Crippen molar-refractivity contribution in [3.8, 4) is 0 Å². The van der Waals surface area contributed by atoms with Crippen molar-refractivity contribution in [2.75, 3.05) is 0 Å². The van der Waals surface area contributed by atoms with Gasteiger partial charge in [0.05, 0.1) is 11.9 Å². The summed E-state index contributed by atoms with van der Waals surface area (Å²) in [5.74, 6) is -3.28. The second-order valence-electron chi connectivity index (χ2n) is 7.50. The van der Waals surface area contributed by atoms with E-state index < -0.39 is 53.0 Å². The summed E-state index contributed by atoms with van der Waals surface area (Å²) in [6.45, 7) is 3.26. The van der Waals surface area contributed by atoms with E-state index >= 15 is 0 Å². The van der Waals surface area contributed by atoms with Gasteiger partial charge in [-0.15, -0.1) is 0 Å². The quantitative estimate of drug-likeness (QED) is 0.399. The first-order valence-electron chi connectivity index (χ1n) is 9.38. The Morgan fingerprint density at radius 1 is 1.22 bits per heavy atom. The number of rotatable bonds is 5. The summed E-state index contributed by atoms with van der Waals surface area (Å²) < 4.78 is 97.7. The van der Waals surface area contributed by atoms with Gasteiger partial charge in [0.25, 0.3) is 5.60 Å². The Balaban J connectivity index is 2.49. The number of hydrogen-bond donors (Lipinski definition) is 2. The first kappa shape index (κ1) is 24.4. The van der Waals surface area contributed by atoms with Crippen molar-refractivity contribution in [2.45, 2.75) is 62.0 Å². The van der Waals surface area contributed by atoms with E-state index in [0.29, 0.717) is 4.91 Å². The summed E-state index contributed by atoms with van der Waals surface area (Å²) in [4.78, 5) is 11.7. The molecule has 12 heteroatoms. The highest BCUT2D eigenvalue weighted by Crippen LogP contribution is 2.55. The molecule has 2 N–H and O–H groups in total. The third-order valence-corrected chi connectivity index (χ3v) is 6.69. The van der Waals surface area contributed by atoms with Crippen LogP contribution < -0.4 is 0 Å². The molecule has 1 aliphatic rings. The molecule has 0 spiro atoms. The number of aromatic nitrogens is 1. The van der Waals surface area contributed by atoms with Crippen LogP contribution in [0.4, 0.5) is 30.7 Å². The topological polar surface area (TPSA) is 62.5 Å². The van der Waals surface area contributed by atoms with Crippen LogP contribution in [-0.4, -0.2) is 33.1 Å². The standard InChI is InChI=1S/C20H18F7NO3S/c1-3-9(2)32-17-15-12(18(31,19(22,23)24)20(25,26)27)7-11(21)8-13(15)28-5-4-10(16(17)28)6-14(29)30/h3,7-8,10,31H,4-6H2,1-2H3,(H,29,30)/b9-3+. The van der Waals surface area contributed by atoms with Crippen LogP contribution in [-0.2, 0) is 16.9 Å². The number of alkyl halides is 6. The zero-order chi connectivity index (χ0) is 24.2. The van der Waals surface area contributed by atoms with Crippen molar-refractivity contribution < 1.29 is 45.7 Å². The van der Waals surface area contributed by atoms with Crippen molar-refractivity contribution in [1.82, 2.24) is 4.57 Å². The number of halogens is 7. The third-order valence-electron chi connectivity index (χ3n) is 5.51. The smallest absolute Gasteiger partial charge is 0.430 e. The van der Waals surface area contributed by atoms with Gasteiger partial charge in [0.1, 0.15) is 5.82 Å². The number of carboxylic acid groups (broad SMARTS) is 1. The second-order valence-corrected chi connectivity index (χ2v) is 8.76. The van der Waals surface area contributed by atoms with E-state index in [-0.39, 0.29) is 35.1 Å². The zero-order valence-corrected chi connectivity index (χ0v) is 17.6. The Morgan fingerprint density at radius 3 is 2.31 bits per heavy atom. The number of aliphatic carboxylic acids is 1. The molecule has 0 fully saturated rings. The Bertz CT molecular complexity index is 1090. The van der Waals surface area contributed by atoms with Crippen molar-refractivity contribution in [1.29, 1.82) is 0 Å². The lowest BCUT2D eigenvalue weighted by molar-refractivity contribution is -0.375. The SMILES string of the molecule is C/C=C(\C)Sc1c2n(c3cc(F)cc(C(O)(C(F)(F)F)C(F)(F)F)c13)CCC2CC(=O)O. The predicted octanol–water partition coefficient (Wildman–Crippen LogP) is 6.07. The van der Waals surface area contributed by atoms with Crippen LogP contribution in [0.15, 0.2) is 28.0 Å². The van der Waals surface area contributed by atoms with Gasteiger partial charge in [-0.3, -0.25) is 4.79 Å². The molecular formula is C20H18F7NO3S. The number of aryl methyl sites for hydroxylation is 1. The highest BCUT2D eigenvalue weighted by Gasteiger charge is 2.72. The van der Waals surface area contributed by atoms with Gasteiger partial charge >= 0.3 is 18.3 Å². The second kappa shape index (κ2) is 7.98. The van der Waals surface area contributed by atoms with Gasteiger partial charge in [0.2, 0.25) is 0 Å². The first-order chi connectivity index (χ1) is 14.6. The summed E-state index contributed by atoms with van der Waals surface area (Å²) in [5, 5.41) is 18.7. The lowest BCUT2D eigenvalue weighted by Crippen LogP contribution is -2.54. The molecule has 0 aliphatic carbocycles. The normalized spacial score (nSPS) is 17.8. The van der Waals surface area contributed by atoms with E-state index in [1.807, 2.05) is 0 Å². The molecule has 1 aromatic carbocycles. The van der Waals surface area contributed by atoms with Gasteiger partial charge in [0, 0.05) is 34.0 Å². The Morgan fingerprint density at radius 2 is 1.81 bits per heavy atom. The van der Waals surface area contributed by atoms with Gasteiger partial charge in [-0.25, -0.2) is 4.39 Å². The maximum atomic E-state index is 14.3. The van der Waals surface area contributed by atoms with Crippen LogP contribution in [0.5, 0.6) is 0 Å². The maximum Gasteiger partial charge on any atom is 0.430 e. The number of benzene rings is 1. The first-order valence-corrected chi connectivity index (χ1v) is 10.2. The average Bonchev–Trinajstić information content (AvgIpc) is 3.18. The van der Waals surface area contributed by atoms with Gasteiger partial charge < -0.3 is 14.8 Å². The number of thioether (sulfide) groups is 1. The minimum atomic E-state index is -6.20. The molecule has 2 aromatic rings. The van der Waals surface area contributed by atoms with E-state index in [1.165, 1.54) is 4.57 Å². The van der Waals surface area contributed by atoms with Crippen LogP contribution in [0.3, 0.4) is 0 Å². The Labute approximate surface area is 181 Å². The van der Waals surface area contributed by atoms with Gasteiger partial charge in [-0.2, -0.15) is 26.3 Å². The van der Waals surface area contributed by atoms with Gasteiger partial charge in [-0.05, 0) is 37.3 Å². The number of nitrogens with zero attached hydrogens (tertiary/aromatic N) is 1. The summed E-state index contributed by atoms with van der Waals surface area (Å²) >= 11 is 0.852. The van der Waals surface area contributed by atoms with Crippen LogP contribution in [0.1, 0.15) is 43.9 Å². The third kappa shape index (κ3) is 3.76. The van der Waals surface area contributed by atoms with Crippen LogP contribution in [0, 0.1) is 5.82 Å². The van der Waals surface area contributed by atoms with Crippen molar-refractivity contribution in [3.05, 3.63) is 40.2 Å². The summed E-state index contributed by atoms with van der Waals surface area (Å²) in [7, 11) is 0. The van der Waals surface area contributed by atoms with Crippen molar-refractivity contribution in [3.63, 3.8) is 0 Å². The minimum Gasteiger partial charge on any atom is -0.481 e. The summed E-state index contributed by atoms with van der Waals surface area (Å²) in [6.07, 6.45) is -11.0. The number of allylic oxidation sites excluding steroid dienone is 2. The molecule has 2 heterocycles. The highest BCUT2D eigenvalue weighted by atomic mass is 32.2. The summed E-state index contributed by atoms with van der Waals surface area (Å²) in [5.41, 5.74) is -7.05. The number of aliphatic hydroxyl groups is 1. The Kier molecular flexibility index (Phi) is 6.09. The van der Waals surface area contributed by atoms with E-state index in [4.69, 9.17) is 0 Å². The number of carbonyl (C=O) groups is 1. The largest absolute Gasteiger partial charge is 0.481 e. The number of carboxylic acids is 1. The molecule has 1 aliphatic heterocycles. The molecule has 0 amide bonds. The fourth-order valence-corrected chi connectivity index (χ4v) is 5.11. The average molecular weight is 485 g/mol. The number of fused-ring (bicyclic) bond motifs is 3. The highest BCUT2D eigenvalue weighted by molar-refractivity contribution is 8.03. The van der Waals surface area contributed by atoms with Gasteiger partial charge in [0.15, 0.2) is 0 Å². The lowest BCUT2D eigenvalue weighted by Gasteiger charge is -2.33. The van der Waals surface area contributed by atoms with Crippen LogP contribution >= 0.6 is 11.8 Å². The Hall–Kier alpha value is -2.21. The molecule has 32 heavy (non-hydrogen) atoms. The summed E-state index contributed by atoms with van der Waals surface area (Å²) in [6, 6.07) is 0.841. The van der Waals surface area contributed by atoms with E-state index in [1.54, 1.807) is 19.9 Å². The lowest BCUT2D eigenvalue weighted by atomic mass is 9.88. The van der Waals surface area contributed by atoms with E-state index in [2.05, 4.69) is 0 Å².